The first-order valence-corrected chi connectivity index (χ1v) is 9.65. The summed E-state index contributed by atoms with van der Waals surface area (Å²) in [5.41, 5.74) is 4.84. The average molecular weight is 451 g/mol. The molecule has 12 nitrogen and oxygen atoms in total. The first-order valence-electron chi connectivity index (χ1n) is 9.65. The molecule has 2 aromatic carbocycles. The van der Waals surface area contributed by atoms with Crippen molar-refractivity contribution in [1.29, 1.82) is 0 Å². The lowest BCUT2D eigenvalue weighted by atomic mass is 10.2. The van der Waals surface area contributed by atoms with E-state index >= 15 is 0 Å². The fourth-order valence-corrected chi connectivity index (χ4v) is 2.96. The van der Waals surface area contributed by atoms with Crippen LogP contribution >= 0.6 is 0 Å². The third-order valence-electron chi connectivity index (χ3n) is 4.54. The van der Waals surface area contributed by atoms with Crippen LogP contribution in [-0.4, -0.2) is 54.9 Å². The van der Waals surface area contributed by atoms with Gasteiger partial charge in [0, 0.05) is 11.3 Å². The van der Waals surface area contributed by atoms with E-state index in [1.54, 1.807) is 46.8 Å². The number of hydrogen-bond acceptors (Lipinski definition) is 12. The summed E-state index contributed by atoms with van der Waals surface area (Å²) in [5, 5.41) is 14.9. The van der Waals surface area contributed by atoms with Crippen LogP contribution < -0.4 is 29.7 Å². The van der Waals surface area contributed by atoms with Gasteiger partial charge in [0.05, 0.1) is 34.7 Å². The van der Waals surface area contributed by atoms with E-state index in [0.717, 1.165) is 11.4 Å². The second kappa shape index (κ2) is 9.68. The van der Waals surface area contributed by atoms with Gasteiger partial charge in [-0.3, -0.25) is 5.43 Å². The molecule has 0 aliphatic heterocycles. The molecule has 0 saturated carbocycles. The Morgan fingerprint density at radius 3 is 2.03 bits per heavy atom. The van der Waals surface area contributed by atoms with E-state index in [1.165, 1.54) is 0 Å². The van der Waals surface area contributed by atoms with Crippen molar-refractivity contribution >= 4 is 34.8 Å². The van der Waals surface area contributed by atoms with E-state index in [1.807, 2.05) is 24.3 Å². The summed E-state index contributed by atoms with van der Waals surface area (Å²) >= 11 is 0. The Morgan fingerprint density at radius 1 is 0.818 bits per heavy atom. The molecular formula is C21H21N7O5. The Kier molecular flexibility index (Phi) is 6.34. The van der Waals surface area contributed by atoms with E-state index < -0.39 is 0 Å². The van der Waals surface area contributed by atoms with Crippen molar-refractivity contribution in [3.8, 4) is 23.0 Å². The smallest absolute Gasteiger partial charge is 0.245 e. The third kappa shape index (κ3) is 4.69. The average Bonchev–Trinajstić information content (AvgIpc) is 3.31. The molecule has 0 spiro atoms. The molecule has 0 saturated heterocycles. The minimum atomic E-state index is 0.237. The van der Waals surface area contributed by atoms with Crippen LogP contribution in [0.4, 0.5) is 17.3 Å². The molecule has 170 valence electrons. The van der Waals surface area contributed by atoms with Crippen molar-refractivity contribution in [2.45, 2.75) is 0 Å². The molecule has 2 aromatic heterocycles. The largest absolute Gasteiger partial charge is 0.497 e. The van der Waals surface area contributed by atoms with Gasteiger partial charge in [-0.1, -0.05) is 0 Å². The number of benzene rings is 2. The Morgan fingerprint density at radius 2 is 1.45 bits per heavy atom. The van der Waals surface area contributed by atoms with E-state index in [-0.39, 0.29) is 11.3 Å². The summed E-state index contributed by atoms with van der Waals surface area (Å²) in [6, 6.07) is 10.9. The topological polar surface area (TPSA) is 138 Å². The van der Waals surface area contributed by atoms with Gasteiger partial charge >= 0.3 is 0 Å². The van der Waals surface area contributed by atoms with Crippen LogP contribution in [0.5, 0.6) is 23.0 Å². The predicted molar refractivity (Wildman–Crippen MR) is 121 cm³/mol. The van der Waals surface area contributed by atoms with Crippen molar-refractivity contribution in [1.82, 2.24) is 20.3 Å². The highest BCUT2D eigenvalue weighted by Gasteiger charge is 2.14. The molecule has 12 heteroatoms. The first kappa shape index (κ1) is 21.6. The number of fused-ring (bicyclic) bond motifs is 1. The number of aromatic nitrogens is 4. The number of nitrogens with one attached hydrogen (secondary N) is 2. The lowest BCUT2D eigenvalue weighted by Gasteiger charge is -2.12. The Labute approximate surface area is 188 Å². The maximum absolute atomic E-state index is 5.37. The van der Waals surface area contributed by atoms with Crippen molar-refractivity contribution in [2.75, 3.05) is 39.2 Å². The summed E-state index contributed by atoms with van der Waals surface area (Å²) < 4.78 is 26.0. The fraction of sp³-hybridized carbons (Fsp3) is 0.190. The highest BCUT2D eigenvalue weighted by molar-refractivity contribution is 5.84. The summed E-state index contributed by atoms with van der Waals surface area (Å²) in [7, 11) is 6.24. The summed E-state index contributed by atoms with van der Waals surface area (Å²) in [5.74, 6) is 2.94. The zero-order chi connectivity index (χ0) is 23.2. The summed E-state index contributed by atoms with van der Waals surface area (Å²) in [4.78, 5) is 8.79. The molecular weight excluding hydrogens is 430 g/mol. The number of rotatable bonds is 9. The van der Waals surface area contributed by atoms with Gasteiger partial charge in [0.15, 0.2) is 23.1 Å². The number of methoxy groups -OCH3 is 4. The zero-order valence-corrected chi connectivity index (χ0v) is 18.3. The van der Waals surface area contributed by atoms with Crippen LogP contribution in [0.3, 0.4) is 0 Å². The van der Waals surface area contributed by atoms with Gasteiger partial charge in [-0.05, 0) is 46.7 Å². The second-order valence-electron chi connectivity index (χ2n) is 6.51. The molecule has 4 aromatic rings. The van der Waals surface area contributed by atoms with E-state index in [4.69, 9.17) is 23.6 Å². The quantitative estimate of drug-likeness (QED) is 0.286. The van der Waals surface area contributed by atoms with Crippen molar-refractivity contribution < 1.29 is 23.6 Å². The normalized spacial score (nSPS) is 10.9. The molecule has 0 atom stereocenters. The van der Waals surface area contributed by atoms with Crippen molar-refractivity contribution in [3.63, 3.8) is 0 Å². The van der Waals surface area contributed by atoms with Crippen LogP contribution in [-0.2, 0) is 0 Å². The second-order valence-corrected chi connectivity index (χ2v) is 6.51. The number of hydrogen-bond donors (Lipinski definition) is 2. The summed E-state index contributed by atoms with van der Waals surface area (Å²) in [6.45, 7) is 0. The highest BCUT2D eigenvalue weighted by atomic mass is 16.6. The number of anilines is 3. The lowest BCUT2D eigenvalue weighted by Crippen LogP contribution is -2.03. The summed E-state index contributed by atoms with van der Waals surface area (Å²) in [6.07, 6.45) is 1.58. The Balaban J connectivity index is 1.61. The lowest BCUT2D eigenvalue weighted by molar-refractivity contribution is 0.314. The number of ether oxygens (including phenoxy) is 4. The van der Waals surface area contributed by atoms with Gasteiger partial charge in [0.2, 0.25) is 17.0 Å². The van der Waals surface area contributed by atoms with E-state index in [0.29, 0.717) is 34.4 Å². The Bertz CT molecular complexity index is 1250. The van der Waals surface area contributed by atoms with Gasteiger partial charge < -0.3 is 24.3 Å². The zero-order valence-electron chi connectivity index (χ0n) is 18.3. The monoisotopic (exact) mass is 451 g/mol. The van der Waals surface area contributed by atoms with Crippen LogP contribution in [0.1, 0.15) is 5.56 Å². The van der Waals surface area contributed by atoms with Crippen LogP contribution in [0.2, 0.25) is 0 Å². The van der Waals surface area contributed by atoms with Crippen LogP contribution in [0.15, 0.2) is 46.1 Å². The van der Waals surface area contributed by atoms with Gasteiger partial charge in [0.25, 0.3) is 0 Å². The van der Waals surface area contributed by atoms with Crippen molar-refractivity contribution in [3.05, 3.63) is 42.0 Å². The minimum absolute atomic E-state index is 0.237. The highest BCUT2D eigenvalue weighted by Crippen LogP contribution is 2.37. The van der Waals surface area contributed by atoms with Gasteiger partial charge in [-0.25, -0.2) is 9.61 Å². The first-order chi connectivity index (χ1) is 16.1. The van der Waals surface area contributed by atoms with Crippen molar-refractivity contribution in [2.24, 2.45) is 5.10 Å². The molecule has 2 N–H and O–H groups in total. The SMILES string of the molecule is COc1ccc(Nc2nc3nonc3nc2N/N=C/c2cc(OC)c(OC)c(OC)c2)cc1. The van der Waals surface area contributed by atoms with Gasteiger partial charge in [-0.2, -0.15) is 10.1 Å². The standard InChI is InChI=1S/C21H21N7O5/c1-29-14-7-5-13(6-8-14)23-18-19(25-21-20(24-18)27-33-28-21)26-22-11-12-9-15(30-2)17(32-4)16(10-12)31-3/h5-11H,1-4H3,(H,23,24,27)(H,25,26,28)/b22-11+. The van der Waals surface area contributed by atoms with Gasteiger partial charge in [0.1, 0.15) is 5.75 Å². The van der Waals surface area contributed by atoms with Crippen LogP contribution in [0, 0.1) is 0 Å². The maximum atomic E-state index is 5.37. The molecule has 0 aliphatic carbocycles. The molecule has 0 radical (unpaired) electrons. The molecule has 0 aliphatic rings. The fourth-order valence-electron chi connectivity index (χ4n) is 2.96. The molecule has 2 heterocycles. The molecule has 0 amide bonds. The van der Waals surface area contributed by atoms with E-state index in [9.17, 15) is 0 Å². The Hall–Kier alpha value is -4.61. The third-order valence-corrected chi connectivity index (χ3v) is 4.54. The predicted octanol–water partition coefficient (Wildman–Crippen LogP) is 3.24. The minimum Gasteiger partial charge on any atom is -0.497 e. The number of nitrogens with zero attached hydrogens (tertiary/aromatic N) is 5. The maximum Gasteiger partial charge on any atom is 0.245 e. The van der Waals surface area contributed by atoms with Crippen LogP contribution in [0.25, 0.3) is 11.3 Å². The molecule has 33 heavy (non-hydrogen) atoms. The molecule has 0 unspecified atom stereocenters. The van der Waals surface area contributed by atoms with E-state index in [2.05, 4.69) is 36.1 Å². The molecule has 4 rings (SSSR count). The van der Waals surface area contributed by atoms with Gasteiger partial charge in [-0.15, -0.1) is 0 Å². The molecule has 0 fully saturated rings. The molecule has 0 bridgehead atoms. The number of hydrazone groups is 1.